The van der Waals surface area contributed by atoms with Gasteiger partial charge >= 0.3 is 13.4 Å². The molecule has 2 unspecified atom stereocenters. The first kappa shape index (κ1) is 32.5. The Morgan fingerprint density at radius 3 is 2.35 bits per heavy atom. The molecule has 3 aliphatic heterocycles. The van der Waals surface area contributed by atoms with E-state index in [0.717, 1.165) is 17.2 Å². The summed E-state index contributed by atoms with van der Waals surface area (Å²) < 4.78 is 83.5. The maximum atomic E-state index is 16.2. The highest BCUT2D eigenvalue weighted by Crippen LogP contribution is 2.73. The predicted molar refractivity (Wildman–Crippen MR) is 162 cm³/mol. The van der Waals surface area contributed by atoms with E-state index in [2.05, 4.69) is 29.9 Å². The number of alkyl halides is 3. The van der Waals surface area contributed by atoms with Gasteiger partial charge in [0.15, 0.2) is 41.3 Å². The molecule has 26 heteroatoms. The Hall–Kier alpha value is -2.73. The highest BCUT2D eigenvalue weighted by atomic mass is 32.5. The Morgan fingerprint density at radius 2 is 1.62 bits per heavy atom. The average Bonchev–Trinajstić information content (AvgIpc) is 3.49. The lowest BCUT2D eigenvalue weighted by atomic mass is 9.94. The van der Waals surface area contributed by atoms with Crippen LogP contribution in [0.25, 0.3) is 22.3 Å². The molecule has 0 amide bonds. The van der Waals surface area contributed by atoms with Crippen LogP contribution in [-0.4, -0.2) is 98.5 Å². The van der Waals surface area contributed by atoms with Crippen LogP contribution in [0, 0.1) is 5.41 Å². The molecule has 0 aromatic carbocycles. The minimum absolute atomic E-state index is 0.00163. The van der Waals surface area contributed by atoms with Crippen molar-refractivity contribution in [1.29, 1.82) is 0 Å². The number of nitrogens with zero attached hydrogens (tertiary/aromatic N) is 7. The lowest BCUT2D eigenvalue weighted by Gasteiger charge is -2.29. The maximum absolute atomic E-state index is 16.2. The summed E-state index contributed by atoms with van der Waals surface area (Å²) >= 11 is 10.4. The van der Waals surface area contributed by atoms with Crippen LogP contribution >= 0.6 is 13.4 Å². The van der Waals surface area contributed by atoms with Gasteiger partial charge in [0, 0.05) is 6.42 Å². The van der Waals surface area contributed by atoms with E-state index in [1.165, 1.54) is 10.9 Å². The molecule has 4 aliphatic rings. The summed E-state index contributed by atoms with van der Waals surface area (Å²) in [4.78, 5) is 57.0. The zero-order chi connectivity index (χ0) is 34.0. The van der Waals surface area contributed by atoms with Gasteiger partial charge in [-0.3, -0.25) is 28.0 Å². The molecular weight excluding hydrogens is 731 g/mol. The molecule has 0 radical (unpaired) electrons. The van der Waals surface area contributed by atoms with E-state index in [9.17, 15) is 14.6 Å². The van der Waals surface area contributed by atoms with E-state index in [0.29, 0.717) is 0 Å². The van der Waals surface area contributed by atoms with E-state index in [4.69, 9.17) is 62.6 Å². The van der Waals surface area contributed by atoms with Crippen LogP contribution in [0.15, 0.2) is 23.8 Å². The lowest BCUT2D eigenvalue weighted by Crippen LogP contribution is -2.37. The lowest BCUT2D eigenvalue weighted by molar-refractivity contribution is -0.0605. The molecule has 4 aromatic heterocycles. The number of hydrogen-bond acceptors (Lipinski definition) is 16. The third-order valence-electron chi connectivity index (χ3n) is 8.66. The van der Waals surface area contributed by atoms with Crippen molar-refractivity contribution in [2.45, 2.75) is 55.4 Å². The number of aromatic amines is 1. The van der Waals surface area contributed by atoms with Crippen LogP contribution in [0.3, 0.4) is 0 Å². The topological polar surface area (TPSA) is 255 Å². The van der Waals surface area contributed by atoms with Gasteiger partial charge < -0.3 is 39.8 Å². The fourth-order valence-electron chi connectivity index (χ4n) is 6.38. The maximum Gasteiger partial charge on any atom is 0.325 e. The Bertz CT molecular complexity index is 2130. The summed E-state index contributed by atoms with van der Waals surface area (Å²) in [5.74, 6) is -3.71. The van der Waals surface area contributed by atoms with E-state index < -0.39 is 93.0 Å². The first-order valence-electron chi connectivity index (χ1n) is 13.9. The zero-order valence-electron chi connectivity index (χ0n) is 23.8. The molecule has 258 valence electrons. The number of fused-ring (bicyclic) bond motifs is 3. The fourth-order valence-corrected chi connectivity index (χ4v) is 9.24. The molecular formula is C22H23F3N10O9P2S2. The second-order valence-corrected chi connectivity index (χ2v) is 17.0. The molecule has 7 N–H and O–H groups in total. The van der Waals surface area contributed by atoms with E-state index in [1.807, 2.05) is 0 Å². The van der Waals surface area contributed by atoms with Gasteiger partial charge in [0.1, 0.15) is 30.2 Å². The van der Waals surface area contributed by atoms with Crippen molar-refractivity contribution in [2.24, 2.45) is 5.41 Å². The Kier molecular flexibility index (Phi) is 7.36. The van der Waals surface area contributed by atoms with E-state index in [-0.39, 0.29) is 34.1 Å². The van der Waals surface area contributed by atoms with Crippen LogP contribution in [-0.2, 0) is 51.2 Å². The van der Waals surface area contributed by atoms with Crippen molar-refractivity contribution < 1.29 is 50.5 Å². The van der Waals surface area contributed by atoms with Gasteiger partial charge in [0.25, 0.3) is 11.5 Å². The molecule has 19 nitrogen and oxygen atoms in total. The third kappa shape index (κ3) is 5.01. The number of halogens is 3. The smallest absolute Gasteiger partial charge is 0.325 e. The fraction of sp³-hybridized carbons (Fsp3) is 0.545. The van der Waals surface area contributed by atoms with Crippen molar-refractivity contribution in [3.05, 3.63) is 29.3 Å². The zero-order valence-corrected chi connectivity index (χ0v) is 27.2. The van der Waals surface area contributed by atoms with Gasteiger partial charge in [-0.2, -0.15) is 4.98 Å². The summed E-state index contributed by atoms with van der Waals surface area (Å²) in [6, 6.07) is 0. The number of hydrogen-bond donors (Lipinski definition) is 5. The molecule has 4 aromatic rings. The SMILES string of the molecule is Nc1nc2c(ncn2[C@@H]2O[C@@H]3COP(O)(=S)O[C@H]4[C@H](n5cnc6c(N)ncnc65)O[C@H](COP(O)(=S)O[C@H]3[C@H]2F)[C@]42CC2(F)F)c(=O)[nH]1. The number of aromatic nitrogens is 8. The second-order valence-electron chi connectivity index (χ2n) is 11.4. The number of ether oxygens (including phenoxy) is 2. The number of nitrogens with two attached hydrogens (primary N) is 2. The minimum atomic E-state index is -4.48. The summed E-state index contributed by atoms with van der Waals surface area (Å²) in [5.41, 5.74) is 8.64. The van der Waals surface area contributed by atoms with Gasteiger partial charge in [0.2, 0.25) is 5.95 Å². The third-order valence-corrected chi connectivity index (χ3v) is 11.8. The van der Waals surface area contributed by atoms with Crippen molar-refractivity contribution in [1.82, 2.24) is 39.0 Å². The first-order valence-corrected chi connectivity index (χ1v) is 19.1. The summed E-state index contributed by atoms with van der Waals surface area (Å²) in [6.07, 6.45) is -8.98. The summed E-state index contributed by atoms with van der Waals surface area (Å²) in [6.45, 7) is -10.4. The molecule has 3 saturated heterocycles. The van der Waals surface area contributed by atoms with Crippen molar-refractivity contribution in [3.8, 4) is 0 Å². The molecule has 7 heterocycles. The number of nitrogen functional groups attached to an aromatic ring is 2. The number of imidazole rings is 2. The van der Waals surface area contributed by atoms with Crippen molar-refractivity contribution in [3.63, 3.8) is 0 Å². The Balaban J connectivity index is 1.15. The highest BCUT2D eigenvalue weighted by Gasteiger charge is 2.83. The molecule has 10 atom stereocenters. The van der Waals surface area contributed by atoms with Gasteiger partial charge in [-0.25, -0.2) is 33.1 Å². The van der Waals surface area contributed by atoms with Crippen molar-refractivity contribution >= 4 is 71.1 Å². The Morgan fingerprint density at radius 1 is 0.958 bits per heavy atom. The largest absolute Gasteiger partial charge is 0.382 e. The van der Waals surface area contributed by atoms with E-state index >= 15 is 13.2 Å². The van der Waals surface area contributed by atoms with Crippen LogP contribution in [0.5, 0.6) is 0 Å². The summed E-state index contributed by atoms with van der Waals surface area (Å²) in [5, 5.41) is 0. The number of rotatable bonds is 2. The molecule has 4 fully saturated rings. The van der Waals surface area contributed by atoms with Crippen LogP contribution in [0.4, 0.5) is 24.9 Å². The summed E-state index contributed by atoms with van der Waals surface area (Å²) in [7, 11) is 0. The van der Waals surface area contributed by atoms with E-state index in [1.54, 1.807) is 0 Å². The van der Waals surface area contributed by atoms with Gasteiger partial charge in [-0.15, -0.1) is 0 Å². The van der Waals surface area contributed by atoms with Gasteiger partial charge in [-0.1, -0.05) is 0 Å². The minimum Gasteiger partial charge on any atom is -0.382 e. The molecule has 48 heavy (non-hydrogen) atoms. The van der Waals surface area contributed by atoms with Crippen LogP contribution in [0.2, 0.25) is 0 Å². The molecule has 1 spiro atoms. The number of nitrogens with one attached hydrogen (secondary N) is 1. The second kappa shape index (κ2) is 10.9. The first-order chi connectivity index (χ1) is 22.6. The standard InChI is InChI=1S/C22H23F3N10O9P2S2/c23-9-12-7(41-18(9)35-6-31-11-16(35)32-20(27)33-17(11)36)1-39-46(38,48)44-13-19(34-5-30-10-14(26)28-4-29-15(10)34)42-8(2-40-45(37,47)43-12)21(13)3-22(21,24)25/h4-9,12-13,18-19H,1-3H2,(H,37,47)(H,38,48)(H2,26,28,29)(H3,27,32,33,36)/t7-,8-,9-,12-,13+,18-,19-,21-,45?,46?/m1/s1. The van der Waals surface area contributed by atoms with Crippen LogP contribution < -0.4 is 17.0 Å². The van der Waals surface area contributed by atoms with Crippen LogP contribution in [0.1, 0.15) is 18.9 Å². The average molecular weight is 755 g/mol. The number of H-pyrrole nitrogens is 1. The highest BCUT2D eigenvalue weighted by molar-refractivity contribution is 8.07. The van der Waals surface area contributed by atoms with Gasteiger partial charge in [-0.05, 0) is 23.6 Å². The number of anilines is 2. The monoisotopic (exact) mass is 754 g/mol. The normalized spacial score (nSPS) is 39.6. The van der Waals surface area contributed by atoms with Gasteiger partial charge in [0.05, 0.1) is 37.4 Å². The Labute approximate surface area is 275 Å². The molecule has 1 saturated carbocycles. The predicted octanol–water partition coefficient (Wildman–Crippen LogP) is 0.533. The molecule has 1 aliphatic carbocycles. The molecule has 2 bridgehead atoms. The quantitative estimate of drug-likeness (QED) is 0.175. The van der Waals surface area contributed by atoms with Crippen molar-refractivity contribution in [2.75, 3.05) is 24.7 Å². The molecule has 8 rings (SSSR count).